The molecule has 106 valence electrons. The van der Waals surface area contributed by atoms with E-state index in [1.807, 2.05) is 26.1 Å². The van der Waals surface area contributed by atoms with Gasteiger partial charge in [0, 0.05) is 12.0 Å². The summed E-state index contributed by atoms with van der Waals surface area (Å²) in [6.45, 7) is 2.81. The molecular weight excluding hydrogens is 281 g/mol. The summed E-state index contributed by atoms with van der Waals surface area (Å²) in [5.74, 6) is 0. The van der Waals surface area contributed by atoms with Crippen LogP contribution in [0.25, 0.3) is 0 Å². The van der Waals surface area contributed by atoms with E-state index in [-0.39, 0.29) is 5.41 Å². The van der Waals surface area contributed by atoms with Gasteiger partial charge in [0.15, 0.2) is 0 Å². The molecule has 2 nitrogen and oxygen atoms in total. The van der Waals surface area contributed by atoms with E-state index in [9.17, 15) is 5.11 Å². The Morgan fingerprint density at radius 2 is 1.79 bits per heavy atom. The molecule has 2 N–H and O–H groups in total. The van der Waals surface area contributed by atoms with Crippen LogP contribution in [0.4, 0.5) is 0 Å². The molecular formula is C15H21Cl2NO. The lowest BCUT2D eigenvalue weighted by molar-refractivity contribution is 0.000322. The maximum atomic E-state index is 10.2. The van der Waals surface area contributed by atoms with Crippen LogP contribution in [0.1, 0.15) is 38.2 Å². The van der Waals surface area contributed by atoms with Gasteiger partial charge in [-0.25, -0.2) is 0 Å². The fourth-order valence-corrected chi connectivity index (χ4v) is 3.30. The zero-order chi connectivity index (χ0) is 14.1. The first-order valence-corrected chi connectivity index (χ1v) is 7.47. The van der Waals surface area contributed by atoms with Crippen molar-refractivity contribution in [1.29, 1.82) is 0 Å². The highest BCUT2D eigenvalue weighted by Gasteiger charge is 2.40. The molecule has 1 aromatic carbocycles. The van der Waals surface area contributed by atoms with E-state index in [0.717, 1.165) is 32.2 Å². The van der Waals surface area contributed by atoms with Gasteiger partial charge in [-0.3, -0.25) is 0 Å². The van der Waals surface area contributed by atoms with Crippen LogP contribution in [0.3, 0.4) is 0 Å². The molecule has 1 fully saturated rings. The first-order chi connectivity index (χ1) is 8.88. The highest BCUT2D eigenvalue weighted by Crippen LogP contribution is 2.43. The molecule has 1 aliphatic rings. The second-order valence-electron chi connectivity index (χ2n) is 5.94. The molecule has 19 heavy (non-hydrogen) atoms. The van der Waals surface area contributed by atoms with Crippen LogP contribution >= 0.6 is 23.2 Å². The van der Waals surface area contributed by atoms with Crippen LogP contribution in [0.2, 0.25) is 10.0 Å². The van der Waals surface area contributed by atoms with E-state index in [2.05, 4.69) is 11.4 Å². The molecule has 0 amide bonds. The quantitative estimate of drug-likeness (QED) is 0.890. The fraction of sp³-hybridized carbons (Fsp3) is 0.600. The lowest BCUT2D eigenvalue weighted by atomic mass is 9.65. The Morgan fingerprint density at radius 3 is 2.32 bits per heavy atom. The summed E-state index contributed by atoms with van der Waals surface area (Å²) in [6, 6.07) is 5.90. The molecule has 0 saturated heterocycles. The van der Waals surface area contributed by atoms with Gasteiger partial charge in [0.1, 0.15) is 0 Å². The van der Waals surface area contributed by atoms with E-state index in [1.165, 1.54) is 5.56 Å². The molecule has 0 radical (unpaired) electrons. The third-order valence-electron chi connectivity index (χ3n) is 4.33. The molecule has 0 aromatic heterocycles. The molecule has 1 saturated carbocycles. The Bertz CT molecular complexity index is 449. The number of hydrogen-bond acceptors (Lipinski definition) is 2. The van der Waals surface area contributed by atoms with Crippen LogP contribution in [-0.2, 0) is 5.41 Å². The van der Waals surface area contributed by atoms with Gasteiger partial charge in [-0.1, -0.05) is 29.3 Å². The van der Waals surface area contributed by atoms with E-state index in [0.29, 0.717) is 10.0 Å². The average molecular weight is 302 g/mol. The largest absolute Gasteiger partial charge is 0.390 e. The van der Waals surface area contributed by atoms with Gasteiger partial charge in [-0.05, 0) is 57.4 Å². The lowest BCUT2D eigenvalue weighted by Crippen LogP contribution is -2.44. The van der Waals surface area contributed by atoms with Gasteiger partial charge in [0.05, 0.1) is 15.6 Å². The second kappa shape index (κ2) is 5.61. The summed E-state index contributed by atoms with van der Waals surface area (Å²) >= 11 is 12.1. The maximum absolute atomic E-state index is 10.2. The Morgan fingerprint density at radius 1 is 1.16 bits per heavy atom. The van der Waals surface area contributed by atoms with Crippen LogP contribution in [0, 0.1) is 0 Å². The third-order valence-corrected chi connectivity index (χ3v) is 5.07. The van der Waals surface area contributed by atoms with Crippen LogP contribution in [-0.4, -0.2) is 24.3 Å². The maximum Gasteiger partial charge on any atom is 0.0620 e. The number of likely N-dealkylation sites (N-methyl/N-ethyl adjacent to an activating group) is 1. The number of rotatable bonds is 3. The van der Waals surface area contributed by atoms with E-state index >= 15 is 0 Å². The van der Waals surface area contributed by atoms with Crippen molar-refractivity contribution >= 4 is 23.2 Å². The van der Waals surface area contributed by atoms with Crippen molar-refractivity contribution in [2.24, 2.45) is 0 Å². The second-order valence-corrected chi connectivity index (χ2v) is 6.75. The zero-order valence-corrected chi connectivity index (χ0v) is 13.0. The van der Waals surface area contributed by atoms with Crippen molar-refractivity contribution in [3.63, 3.8) is 0 Å². The summed E-state index contributed by atoms with van der Waals surface area (Å²) < 4.78 is 0. The summed E-state index contributed by atoms with van der Waals surface area (Å²) in [5, 5.41) is 14.6. The van der Waals surface area contributed by atoms with Gasteiger partial charge < -0.3 is 10.4 Å². The topological polar surface area (TPSA) is 32.3 Å². The SMILES string of the molecule is CNCC1(c2ccc(Cl)c(Cl)c2)CCC(C)(O)CC1. The number of aliphatic hydroxyl groups is 1. The van der Waals surface area contributed by atoms with Crippen LogP contribution in [0.15, 0.2) is 18.2 Å². The highest BCUT2D eigenvalue weighted by molar-refractivity contribution is 6.42. The number of nitrogens with one attached hydrogen (secondary N) is 1. The molecule has 0 unspecified atom stereocenters. The van der Waals surface area contributed by atoms with Crippen molar-refractivity contribution in [2.45, 2.75) is 43.6 Å². The minimum absolute atomic E-state index is 0.0468. The molecule has 0 spiro atoms. The van der Waals surface area contributed by atoms with Crippen molar-refractivity contribution in [3.05, 3.63) is 33.8 Å². The number of halogens is 2. The first-order valence-electron chi connectivity index (χ1n) is 6.71. The van der Waals surface area contributed by atoms with Gasteiger partial charge >= 0.3 is 0 Å². The van der Waals surface area contributed by atoms with E-state index in [4.69, 9.17) is 23.2 Å². The fourth-order valence-electron chi connectivity index (χ4n) is 3.00. The molecule has 1 aromatic rings. The van der Waals surface area contributed by atoms with Gasteiger partial charge in [-0.15, -0.1) is 0 Å². The first kappa shape index (κ1) is 15.1. The lowest BCUT2D eigenvalue weighted by Gasteiger charge is -2.43. The van der Waals surface area contributed by atoms with E-state index in [1.54, 1.807) is 0 Å². The smallest absolute Gasteiger partial charge is 0.0620 e. The summed E-state index contributed by atoms with van der Waals surface area (Å²) in [6.07, 6.45) is 3.54. The molecule has 2 rings (SSSR count). The number of benzene rings is 1. The molecule has 4 heteroatoms. The van der Waals surface area contributed by atoms with Crippen molar-refractivity contribution < 1.29 is 5.11 Å². The van der Waals surface area contributed by atoms with E-state index < -0.39 is 5.60 Å². The Balaban J connectivity index is 2.31. The minimum Gasteiger partial charge on any atom is -0.390 e. The minimum atomic E-state index is -0.534. The highest BCUT2D eigenvalue weighted by atomic mass is 35.5. The molecule has 0 aliphatic heterocycles. The molecule has 0 heterocycles. The molecule has 1 aliphatic carbocycles. The van der Waals surface area contributed by atoms with Gasteiger partial charge in [0.2, 0.25) is 0 Å². The van der Waals surface area contributed by atoms with Crippen LogP contribution in [0.5, 0.6) is 0 Å². The van der Waals surface area contributed by atoms with Gasteiger partial charge in [-0.2, -0.15) is 0 Å². The van der Waals surface area contributed by atoms with Crippen LogP contribution < -0.4 is 5.32 Å². The summed E-state index contributed by atoms with van der Waals surface area (Å²) in [4.78, 5) is 0. The Labute approximate surface area is 125 Å². The monoisotopic (exact) mass is 301 g/mol. The Kier molecular flexibility index (Phi) is 4.46. The van der Waals surface area contributed by atoms with Crippen molar-refractivity contribution in [1.82, 2.24) is 5.32 Å². The normalized spacial score (nSPS) is 31.4. The summed E-state index contributed by atoms with van der Waals surface area (Å²) in [5.41, 5.74) is 0.727. The zero-order valence-electron chi connectivity index (χ0n) is 11.5. The summed E-state index contributed by atoms with van der Waals surface area (Å²) in [7, 11) is 1.96. The van der Waals surface area contributed by atoms with Gasteiger partial charge in [0.25, 0.3) is 0 Å². The predicted octanol–water partition coefficient (Wildman–Crippen LogP) is 3.78. The van der Waals surface area contributed by atoms with Crippen molar-refractivity contribution in [2.75, 3.05) is 13.6 Å². The average Bonchev–Trinajstić information content (AvgIpc) is 2.36. The standard InChI is InChI=1S/C15H21Cl2NO/c1-14(19)5-7-15(8-6-14,10-18-2)11-3-4-12(16)13(17)9-11/h3-4,9,18-19H,5-8,10H2,1-2H3. The predicted molar refractivity (Wildman–Crippen MR) is 81.2 cm³/mol. The molecule has 0 atom stereocenters. The molecule has 0 bridgehead atoms. The Hall–Kier alpha value is -0.280. The number of hydrogen-bond donors (Lipinski definition) is 2. The van der Waals surface area contributed by atoms with Crippen molar-refractivity contribution in [3.8, 4) is 0 Å². The third kappa shape index (κ3) is 3.25.